The molecule has 0 aromatic heterocycles. The Balaban J connectivity index is 1.26. The van der Waals surface area contributed by atoms with Crippen molar-refractivity contribution in [2.75, 3.05) is 44.1 Å². The van der Waals surface area contributed by atoms with Crippen LogP contribution in [0.1, 0.15) is 68.7 Å². The molecule has 3 heterocycles. The average Bonchev–Trinajstić information content (AvgIpc) is 3.35. The summed E-state index contributed by atoms with van der Waals surface area (Å²) in [6.07, 6.45) is 4.13. The summed E-state index contributed by atoms with van der Waals surface area (Å²) in [5.41, 5.74) is 3.26. The molecule has 3 aliphatic heterocycles. The van der Waals surface area contributed by atoms with E-state index in [1.807, 2.05) is 48.8 Å². The molecule has 43 heavy (non-hydrogen) atoms. The van der Waals surface area contributed by atoms with E-state index in [9.17, 15) is 18.0 Å². The summed E-state index contributed by atoms with van der Waals surface area (Å²) >= 11 is 0. The molecule has 0 atom stereocenters. The Kier molecular flexibility index (Phi) is 8.46. The Morgan fingerprint density at radius 3 is 2.16 bits per heavy atom. The second-order valence-electron chi connectivity index (χ2n) is 13.4. The van der Waals surface area contributed by atoms with Crippen molar-refractivity contribution in [3.05, 3.63) is 52.6 Å². The lowest BCUT2D eigenvalue weighted by Crippen LogP contribution is -2.45. The fourth-order valence-electron chi connectivity index (χ4n) is 6.83. The lowest BCUT2D eigenvalue weighted by Gasteiger charge is -2.39. The standard InChI is InChI=1S/C33H45N3O6S/c1-23-18-27(41-6)19-24(2)30(23)43(39,40)36-14-7-8-26-10-9-25(20-28(26)36)21-29(37)34-15-11-33(12-16-34)13-17-35(22-33)31(38)42-32(3,4)5/h9-10,18-20H,7-8,11-17,21-22H2,1-6H3. The van der Waals surface area contributed by atoms with E-state index in [0.717, 1.165) is 43.2 Å². The summed E-state index contributed by atoms with van der Waals surface area (Å²) in [4.78, 5) is 30.0. The molecule has 9 nitrogen and oxygen atoms in total. The van der Waals surface area contributed by atoms with Gasteiger partial charge in [0, 0.05) is 32.7 Å². The number of carbonyl (C=O) groups is 2. The number of rotatable bonds is 5. The van der Waals surface area contributed by atoms with E-state index in [1.54, 1.807) is 33.1 Å². The number of sulfonamides is 1. The highest BCUT2D eigenvalue weighted by molar-refractivity contribution is 7.93. The van der Waals surface area contributed by atoms with Crippen LogP contribution < -0.4 is 9.04 Å². The predicted octanol–water partition coefficient (Wildman–Crippen LogP) is 5.25. The molecule has 2 aromatic rings. The van der Waals surface area contributed by atoms with Crippen molar-refractivity contribution in [3.8, 4) is 5.75 Å². The number of hydrogen-bond acceptors (Lipinski definition) is 6. The Morgan fingerprint density at radius 2 is 1.56 bits per heavy atom. The molecular weight excluding hydrogens is 566 g/mol. The molecule has 0 saturated carbocycles. The number of methoxy groups -OCH3 is 1. The van der Waals surface area contributed by atoms with Crippen LogP contribution in [0.4, 0.5) is 10.5 Å². The summed E-state index contributed by atoms with van der Waals surface area (Å²) in [5.74, 6) is 0.676. The Labute approximate surface area is 256 Å². The second-order valence-corrected chi connectivity index (χ2v) is 15.2. The largest absolute Gasteiger partial charge is 0.497 e. The second kappa shape index (κ2) is 11.7. The van der Waals surface area contributed by atoms with Crippen molar-refractivity contribution in [1.82, 2.24) is 9.80 Å². The van der Waals surface area contributed by atoms with Crippen LogP contribution in [0.5, 0.6) is 5.75 Å². The molecule has 2 saturated heterocycles. The van der Waals surface area contributed by atoms with Gasteiger partial charge in [0.1, 0.15) is 11.4 Å². The number of fused-ring (bicyclic) bond motifs is 1. The maximum Gasteiger partial charge on any atom is 0.410 e. The van der Waals surface area contributed by atoms with Gasteiger partial charge in [-0.3, -0.25) is 9.10 Å². The van der Waals surface area contributed by atoms with Crippen molar-refractivity contribution in [1.29, 1.82) is 0 Å². The third-order valence-electron chi connectivity index (χ3n) is 9.07. The first-order chi connectivity index (χ1) is 20.2. The number of aryl methyl sites for hydroxylation is 3. The lowest BCUT2D eigenvalue weighted by atomic mass is 9.77. The van der Waals surface area contributed by atoms with Gasteiger partial charge in [-0.05, 0) is 113 Å². The van der Waals surface area contributed by atoms with Gasteiger partial charge in [-0.25, -0.2) is 13.2 Å². The van der Waals surface area contributed by atoms with Crippen LogP contribution in [0.15, 0.2) is 35.2 Å². The summed E-state index contributed by atoms with van der Waals surface area (Å²) < 4.78 is 40.4. The first-order valence-corrected chi connectivity index (χ1v) is 16.7. The number of carbonyl (C=O) groups excluding carboxylic acids is 2. The summed E-state index contributed by atoms with van der Waals surface area (Å²) in [7, 11) is -2.24. The molecule has 234 valence electrons. The third kappa shape index (κ3) is 6.49. The molecule has 10 heteroatoms. The maximum absolute atomic E-state index is 14.0. The normalized spacial score (nSPS) is 18.5. The van der Waals surface area contributed by atoms with Gasteiger partial charge in [-0.1, -0.05) is 12.1 Å². The van der Waals surface area contributed by atoms with Crippen molar-refractivity contribution in [2.45, 2.75) is 83.6 Å². The minimum absolute atomic E-state index is 0.0338. The zero-order chi connectivity index (χ0) is 31.2. The molecule has 0 bridgehead atoms. The number of anilines is 1. The van der Waals surface area contributed by atoms with Crippen molar-refractivity contribution >= 4 is 27.7 Å². The number of piperidine rings is 1. The Morgan fingerprint density at radius 1 is 0.930 bits per heavy atom. The molecule has 2 aromatic carbocycles. The molecule has 0 aliphatic carbocycles. The number of nitrogens with zero attached hydrogens (tertiary/aromatic N) is 3. The average molecular weight is 612 g/mol. The summed E-state index contributed by atoms with van der Waals surface area (Å²) in [6, 6.07) is 9.33. The van der Waals surface area contributed by atoms with Gasteiger partial charge in [0.2, 0.25) is 5.91 Å². The summed E-state index contributed by atoms with van der Waals surface area (Å²) in [6.45, 7) is 12.3. The van der Waals surface area contributed by atoms with Crippen molar-refractivity contribution in [2.24, 2.45) is 5.41 Å². The van der Waals surface area contributed by atoms with Crippen LogP contribution >= 0.6 is 0 Å². The van der Waals surface area contributed by atoms with Gasteiger partial charge in [-0.2, -0.15) is 0 Å². The van der Waals surface area contributed by atoms with E-state index in [4.69, 9.17) is 9.47 Å². The SMILES string of the molecule is COc1cc(C)c(S(=O)(=O)N2CCCc3ccc(CC(=O)N4CCC5(CC4)CCN(C(=O)OC(C)(C)C)C5)cc32)c(C)c1. The van der Waals surface area contributed by atoms with Crippen LogP contribution in [0.25, 0.3) is 0 Å². The predicted molar refractivity (Wildman–Crippen MR) is 166 cm³/mol. The van der Waals surface area contributed by atoms with Gasteiger partial charge in [0.15, 0.2) is 0 Å². The van der Waals surface area contributed by atoms with Gasteiger partial charge < -0.3 is 19.3 Å². The zero-order valence-electron chi connectivity index (χ0n) is 26.4. The highest BCUT2D eigenvalue weighted by Gasteiger charge is 2.43. The quantitative estimate of drug-likeness (QED) is 0.459. The van der Waals surface area contributed by atoms with Crippen LogP contribution in [-0.4, -0.2) is 75.7 Å². The van der Waals surface area contributed by atoms with E-state index in [1.165, 1.54) is 4.31 Å². The number of likely N-dealkylation sites (tertiary alicyclic amines) is 2. The van der Waals surface area contributed by atoms with E-state index in [-0.39, 0.29) is 23.8 Å². The first-order valence-electron chi connectivity index (χ1n) is 15.3. The minimum atomic E-state index is -3.82. The van der Waals surface area contributed by atoms with Crippen molar-refractivity contribution < 1.29 is 27.5 Å². The first kappa shape index (κ1) is 31.2. The molecule has 0 radical (unpaired) electrons. The van der Waals surface area contributed by atoms with Crippen LogP contribution in [0.3, 0.4) is 0 Å². The maximum atomic E-state index is 14.0. The molecule has 3 aliphatic rings. The molecule has 0 unspecified atom stereocenters. The Bertz CT molecular complexity index is 1480. The Hall–Kier alpha value is -3.27. The van der Waals surface area contributed by atoms with E-state index in [2.05, 4.69) is 0 Å². The van der Waals surface area contributed by atoms with Crippen molar-refractivity contribution in [3.63, 3.8) is 0 Å². The van der Waals surface area contributed by atoms with Gasteiger partial charge in [0.05, 0.1) is 24.1 Å². The lowest BCUT2D eigenvalue weighted by molar-refractivity contribution is -0.132. The fraction of sp³-hybridized carbons (Fsp3) is 0.576. The fourth-order valence-corrected chi connectivity index (χ4v) is 8.78. The van der Waals surface area contributed by atoms with Gasteiger partial charge in [0.25, 0.3) is 10.0 Å². The number of hydrogen-bond donors (Lipinski definition) is 0. The van der Waals surface area contributed by atoms with E-state index < -0.39 is 15.6 Å². The van der Waals surface area contributed by atoms with Crippen LogP contribution in [-0.2, 0) is 32.4 Å². The highest BCUT2D eigenvalue weighted by atomic mass is 32.2. The third-order valence-corrected chi connectivity index (χ3v) is 11.2. The monoisotopic (exact) mass is 611 g/mol. The molecule has 2 fully saturated rings. The van der Waals surface area contributed by atoms with E-state index >= 15 is 0 Å². The number of amides is 2. The van der Waals surface area contributed by atoms with Crippen LogP contribution in [0.2, 0.25) is 0 Å². The number of benzene rings is 2. The topological polar surface area (TPSA) is 96.5 Å². The molecular formula is C33H45N3O6S. The summed E-state index contributed by atoms with van der Waals surface area (Å²) in [5, 5.41) is 0. The molecule has 0 N–H and O–H groups in total. The number of ether oxygens (including phenoxy) is 2. The molecule has 5 rings (SSSR count). The van der Waals surface area contributed by atoms with Crippen LogP contribution in [0, 0.1) is 19.3 Å². The van der Waals surface area contributed by atoms with E-state index in [0.29, 0.717) is 60.2 Å². The molecule has 1 spiro atoms. The smallest absolute Gasteiger partial charge is 0.410 e. The van der Waals surface area contributed by atoms with Gasteiger partial charge in [-0.15, -0.1) is 0 Å². The molecule has 2 amide bonds. The minimum Gasteiger partial charge on any atom is -0.497 e. The zero-order valence-corrected chi connectivity index (χ0v) is 27.2. The highest BCUT2D eigenvalue weighted by Crippen LogP contribution is 2.41. The van der Waals surface area contributed by atoms with Gasteiger partial charge >= 0.3 is 6.09 Å².